The number of methoxy groups -OCH3 is 1. The Morgan fingerprint density at radius 3 is 2.16 bits per heavy atom. The van der Waals surface area contributed by atoms with Gasteiger partial charge in [-0.05, 0) is 29.8 Å². The van der Waals surface area contributed by atoms with Gasteiger partial charge < -0.3 is 10.5 Å². The third-order valence-corrected chi connectivity index (χ3v) is 2.85. The molecule has 0 aromatic heterocycles. The van der Waals surface area contributed by atoms with Gasteiger partial charge in [0.1, 0.15) is 11.6 Å². The largest absolute Gasteiger partial charge is 0.494 e. The molecular weight excluding hydrogens is 255 g/mol. The highest BCUT2D eigenvalue weighted by Crippen LogP contribution is 2.27. The highest BCUT2D eigenvalue weighted by molar-refractivity contribution is 5.37. The molecule has 2 aromatic carbocycles. The molecule has 0 saturated heterocycles. The number of ether oxygens (including phenoxy) is 1. The maximum atomic E-state index is 13.6. The lowest BCUT2D eigenvalue weighted by Gasteiger charge is -2.15. The van der Waals surface area contributed by atoms with Crippen LogP contribution in [0.25, 0.3) is 0 Å². The van der Waals surface area contributed by atoms with Crippen LogP contribution in [0, 0.1) is 17.5 Å². The molecule has 100 valence electrons. The molecule has 0 fully saturated rings. The molecule has 0 radical (unpaired) electrons. The Hall–Kier alpha value is -2.01. The van der Waals surface area contributed by atoms with Gasteiger partial charge in [-0.3, -0.25) is 0 Å². The van der Waals surface area contributed by atoms with Gasteiger partial charge in [0.2, 0.25) is 0 Å². The van der Waals surface area contributed by atoms with Crippen LogP contribution in [0.5, 0.6) is 5.75 Å². The SMILES string of the molecule is COc1ccc(C(N)c2c(F)cccc2F)cc1F. The molecule has 2 N–H and O–H groups in total. The molecule has 0 aliphatic carbocycles. The van der Waals surface area contributed by atoms with Gasteiger partial charge in [-0.15, -0.1) is 0 Å². The summed E-state index contributed by atoms with van der Waals surface area (Å²) in [5.74, 6) is -2.11. The summed E-state index contributed by atoms with van der Waals surface area (Å²) in [6.07, 6.45) is 0. The lowest BCUT2D eigenvalue weighted by atomic mass is 9.98. The second-order valence-corrected chi connectivity index (χ2v) is 4.01. The molecule has 2 rings (SSSR count). The maximum absolute atomic E-state index is 13.6. The monoisotopic (exact) mass is 267 g/mol. The minimum absolute atomic E-state index is 0.0463. The van der Waals surface area contributed by atoms with E-state index in [0.29, 0.717) is 0 Å². The quantitative estimate of drug-likeness (QED) is 0.927. The first-order chi connectivity index (χ1) is 9.04. The van der Waals surface area contributed by atoms with Gasteiger partial charge in [-0.2, -0.15) is 0 Å². The van der Waals surface area contributed by atoms with Crippen molar-refractivity contribution in [1.82, 2.24) is 0 Å². The van der Waals surface area contributed by atoms with E-state index in [9.17, 15) is 13.2 Å². The van der Waals surface area contributed by atoms with Crippen LogP contribution in [0.3, 0.4) is 0 Å². The summed E-state index contributed by atoms with van der Waals surface area (Å²) in [5, 5.41) is 0. The Morgan fingerprint density at radius 1 is 1.00 bits per heavy atom. The third kappa shape index (κ3) is 2.56. The second kappa shape index (κ2) is 5.32. The van der Waals surface area contributed by atoms with Crippen LogP contribution < -0.4 is 10.5 Å². The van der Waals surface area contributed by atoms with Gasteiger partial charge in [0.05, 0.1) is 13.2 Å². The normalized spacial score (nSPS) is 12.3. The number of halogens is 3. The Morgan fingerprint density at radius 2 is 1.63 bits per heavy atom. The van der Waals surface area contributed by atoms with Crippen molar-refractivity contribution in [2.24, 2.45) is 5.73 Å². The van der Waals surface area contributed by atoms with E-state index in [1.165, 1.54) is 25.3 Å². The molecule has 2 nitrogen and oxygen atoms in total. The van der Waals surface area contributed by atoms with Crippen LogP contribution in [-0.4, -0.2) is 7.11 Å². The Bertz CT molecular complexity index is 581. The molecule has 0 amide bonds. The summed E-state index contributed by atoms with van der Waals surface area (Å²) >= 11 is 0. The van der Waals surface area contributed by atoms with Gasteiger partial charge in [-0.25, -0.2) is 13.2 Å². The maximum Gasteiger partial charge on any atom is 0.165 e. The van der Waals surface area contributed by atoms with Crippen LogP contribution >= 0.6 is 0 Å². The van der Waals surface area contributed by atoms with Crippen LogP contribution in [-0.2, 0) is 0 Å². The molecule has 0 bridgehead atoms. The fourth-order valence-corrected chi connectivity index (χ4v) is 1.85. The smallest absolute Gasteiger partial charge is 0.165 e. The van der Waals surface area contributed by atoms with Gasteiger partial charge in [0.15, 0.2) is 11.6 Å². The molecule has 1 unspecified atom stereocenters. The molecule has 0 heterocycles. The van der Waals surface area contributed by atoms with E-state index in [1.807, 2.05) is 0 Å². The minimum Gasteiger partial charge on any atom is -0.494 e. The summed E-state index contributed by atoms with van der Waals surface area (Å²) < 4.78 is 45.5. The number of rotatable bonds is 3. The molecule has 19 heavy (non-hydrogen) atoms. The minimum atomic E-state index is -1.08. The van der Waals surface area contributed by atoms with E-state index in [2.05, 4.69) is 0 Å². The average molecular weight is 267 g/mol. The zero-order valence-electron chi connectivity index (χ0n) is 10.2. The van der Waals surface area contributed by atoms with E-state index >= 15 is 0 Å². The molecule has 1 atom stereocenters. The van der Waals surface area contributed by atoms with Crippen molar-refractivity contribution < 1.29 is 17.9 Å². The lowest BCUT2D eigenvalue weighted by molar-refractivity contribution is 0.386. The van der Waals surface area contributed by atoms with Gasteiger partial charge in [-0.1, -0.05) is 12.1 Å². The molecule has 2 aromatic rings. The highest BCUT2D eigenvalue weighted by atomic mass is 19.1. The van der Waals surface area contributed by atoms with Crippen LogP contribution in [0.15, 0.2) is 36.4 Å². The van der Waals surface area contributed by atoms with Crippen LogP contribution in [0.4, 0.5) is 13.2 Å². The van der Waals surface area contributed by atoms with Gasteiger partial charge >= 0.3 is 0 Å². The lowest BCUT2D eigenvalue weighted by Crippen LogP contribution is -2.16. The molecule has 0 aliphatic rings. The second-order valence-electron chi connectivity index (χ2n) is 4.01. The summed E-state index contributed by atoms with van der Waals surface area (Å²) in [5.41, 5.74) is 5.77. The topological polar surface area (TPSA) is 35.2 Å². The van der Waals surface area contributed by atoms with Crippen molar-refractivity contribution >= 4 is 0 Å². The number of hydrogen-bond donors (Lipinski definition) is 1. The van der Waals surface area contributed by atoms with E-state index in [4.69, 9.17) is 10.5 Å². The zero-order valence-corrected chi connectivity index (χ0v) is 10.2. The van der Waals surface area contributed by atoms with Crippen LogP contribution in [0.1, 0.15) is 17.2 Å². The summed E-state index contributed by atoms with van der Waals surface area (Å²) in [6.45, 7) is 0. The first-order valence-electron chi connectivity index (χ1n) is 5.57. The summed E-state index contributed by atoms with van der Waals surface area (Å²) in [7, 11) is 1.33. The molecule has 5 heteroatoms. The van der Waals surface area contributed by atoms with Crippen LogP contribution in [0.2, 0.25) is 0 Å². The predicted octanol–water partition coefficient (Wildman–Crippen LogP) is 3.16. The van der Waals surface area contributed by atoms with Crippen molar-refractivity contribution in [3.63, 3.8) is 0 Å². The molecule has 0 aliphatic heterocycles. The van der Waals surface area contributed by atoms with Crippen molar-refractivity contribution in [3.8, 4) is 5.75 Å². The summed E-state index contributed by atoms with van der Waals surface area (Å²) in [6, 6.07) is 6.32. The van der Waals surface area contributed by atoms with E-state index in [1.54, 1.807) is 0 Å². The number of nitrogens with two attached hydrogens (primary N) is 1. The van der Waals surface area contributed by atoms with E-state index in [0.717, 1.165) is 18.2 Å². The van der Waals surface area contributed by atoms with Crippen molar-refractivity contribution in [2.75, 3.05) is 7.11 Å². The highest BCUT2D eigenvalue weighted by Gasteiger charge is 2.19. The van der Waals surface area contributed by atoms with Gasteiger partial charge in [0, 0.05) is 5.56 Å². The molecular formula is C14H12F3NO. The van der Waals surface area contributed by atoms with E-state index < -0.39 is 23.5 Å². The third-order valence-electron chi connectivity index (χ3n) is 2.85. The number of benzene rings is 2. The van der Waals surface area contributed by atoms with Gasteiger partial charge in [0.25, 0.3) is 0 Å². The Balaban J connectivity index is 2.44. The Kier molecular flexibility index (Phi) is 3.76. The van der Waals surface area contributed by atoms with E-state index in [-0.39, 0.29) is 16.9 Å². The van der Waals surface area contributed by atoms with Crippen molar-refractivity contribution in [2.45, 2.75) is 6.04 Å². The first-order valence-corrected chi connectivity index (χ1v) is 5.57. The number of hydrogen-bond acceptors (Lipinski definition) is 2. The fourth-order valence-electron chi connectivity index (χ4n) is 1.85. The fraction of sp³-hybridized carbons (Fsp3) is 0.143. The molecule has 0 spiro atoms. The van der Waals surface area contributed by atoms with Crippen molar-refractivity contribution in [1.29, 1.82) is 0 Å². The van der Waals surface area contributed by atoms with Crippen molar-refractivity contribution in [3.05, 3.63) is 65.0 Å². The first kappa shape index (κ1) is 13.4. The summed E-state index contributed by atoms with van der Waals surface area (Å²) in [4.78, 5) is 0. The standard InChI is InChI=1S/C14H12F3NO/c1-19-12-6-5-8(7-11(12)17)14(18)13-9(15)3-2-4-10(13)16/h2-7,14H,18H2,1H3. The Labute approximate surface area is 108 Å². The average Bonchev–Trinajstić information content (AvgIpc) is 2.38. The zero-order chi connectivity index (χ0) is 14.0. The molecule has 0 saturated carbocycles. The predicted molar refractivity (Wildman–Crippen MR) is 65.3 cm³/mol.